The van der Waals surface area contributed by atoms with E-state index in [1.54, 1.807) is 0 Å². The Bertz CT molecular complexity index is 179. The smallest absolute Gasteiger partial charge is 0.250 e. The van der Waals surface area contributed by atoms with Gasteiger partial charge in [-0.1, -0.05) is 0 Å². The first-order valence-electron chi connectivity index (χ1n) is 3.68. The minimum atomic E-state index is -3.57. The molecule has 0 rings (SSSR count). The number of aliphatic hydroxyl groups excluding tert-OH is 4. The molecule has 8 heteroatoms. The van der Waals surface area contributed by atoms with Crippen LogP contribution in [0.25, 0.3) is 0 Å². The van der Waals surface area contributed by atoms with E-state index in [0.717, 1.165) is 0 Å². The van der Waals surface area contributed by atoms with Crippen molar-refractivity contribution in [2.24, 2.45) is 0 Å². The Kier molecular flexibility index (Phi) is 4.36. The summed E-state index contributed by atoms with van der Waals surface area (Å²) in [6, 6.07) is 0. The van der Waals surface area contributed by atoms with Crippen LogP contribution in [0.5, 0.6) is 0 Å². The van der Waals surface area contributed by atoms with Crippen LogP contribution >= 0.6 is 0 Å². The first-order chi connectivity index (χ1) is 6.20. The number of hydrogen-bond donors (Lipinski definition) is 8. The highest BCUT2D eigenvalue weighted by molar-refractivity contribution is 4.91. The van der Waals surface area contributed by atoms with Crippen LogP contribution in [0.4, 0.5) is 0 Å². The van der Waals surface area contributed by atoms with Gasteiger partial charge in [0.05, 0.1) is 6.61 Å². The molecule has 0 amide bonds. The molecule has 0 saturated carbocycles. The fourth-order valence-corrected chi connectivity index (χ4v) is 0.721. The molecule has 8 N–H and O–H groups in total. The van der Waals surface area contributed by atoms with Crippen molar-refractivity contribution in [2.45, 2.75) is 23.8 Å². The molecule has 86 valence electrons. The Hall–Kier alpha value is -0.320. The van der Waals surface area contributed by atoms with Gasteiger partial charge in [-0.05, 0) is 0 Å². The molecular weight excluding hydrogens is 200 g/mol. The monoisotopic (exact) mass is 214 g/mol. The maximum Gasteiger partial charge on any atom is 0.250 e. The quantitative estimate of drug-likeness (QED) is 0.211. The van der Waals surface area contributed by atoms with Gasteiger partial charge in [0, 0.05) is 0 Å². The zero-order valence-electron chi connectivity index (χ0n) is 7.15. The van der Waals surface area contributed by atoms with Crippen LogP contribution in [0, 0.1) is 0 Å². The average molecular weight is 214 g/mol. The third-order valence-electron chi connectivity index (χ3n) is 1.77. The number of aliphatic hydroxyl groups is 8. The predicted molar refractivity (Wildman–Crippen MR) is 40.5 cm³/mol. The SMILES string of the molecule is OCC(O)C(O)C(O)(O)C(O)(O)CO. The first kappa shape index (κ1) is 13.7. The van der Waals surface area contributed by atoms with Gasteiger partial charge < -0.3 is 40.9 Å². The normalized spacial score (nSPS) is 18.0. The Morgan fingerprint density at radius 1 is 0.929 bits per heavy atom. The maximum absolute atomic E-state index is 8.99. The van der Waals surface area contributed by atoms with Crippen LogP contribution in [-0.2, 0) is 0 Å². The minimum absolute atomic E-state index is 1.02. The van der Waals surface area contributed by atoms with Crippen LogP contribution in [0.3, 0.4) is 0 Å². The van der Waals surface area contributed by atoms with Crippen molar-refractivity contribution in [3.05, 3.63) is 0 Å². The van der Waals surface area contributed by atoms with Gasteiger partial charge in [-0.25, -0.2) is 0 Å². The second-order valence-corrected chi connectivity index (χ2v) is 2.90. The molecule has 0 aromatic carbocycles. The molecule has 2 atom stereocenters. The molecular formula is C6H14O8. The van der Waals surface area contributed by atoms with Crippen LogP contribution in [-0.4, -0.2) is 77.8 Å². The van der Waals surface area contributed by atoms with Crippen LogP contribution in [0.15, 0.2) is 0 Å². The molecule has 0 saturated heterocycles. The lowest BCUT2D eigenvalue weighted by Gasteiger charge is -2.38. The zero-order chi connectivity index (χ0) is 11.6. The standard InChI is InChI=1S/C6H14O8/c7-1-3(9)4(10)6(13,14)5(11,12)2-8/h3-4,7-14H,1-2H2. The lowest BCUT2D eigenvalue weighted by molar-refractivity contribution is -0.399. The summed E-state index contributed by atoms with van der Waals surface area (Å²) in [4.78, 5) is 0. The Labute approximate surface area is 78.9 Å². The molecule has 0 aliphatic carbocycles. The molecule has 0 fully saturated rings. The maximum atomic E-state index is 8.99. The minimum Gasteiger partial charge on any atom is -0.394 e. The molecule has 0 heterocycles. The van der Waals surface area contributed by atoms with Gasteiger partial charge in [0.2, 0.25) is 11.6 Å². The fraction of sp³-hybridized carbons (Fsp3) is 1.00. The van der Waals surface area contributed by atoms with E-state index in [1.807, 2.05) is 0 Å². The predicted octanol–water partition coefficient (Wildman–Crippen LogP) is -4.95. The van der Waals surface area contributed by atoms with Crippen LogP contribution in [0.1, 0.15) is 0 Å². The highest BCUT2D eigenvalue weighted by Crippen LogP contribution is 2.22. The van der Waals surface area contributed by atoms with Gasteiger partial charge in [-0.3, -0.25) is 0 Å². The summed E-state index contributed by atoms with van der Waals surface area (Å²) >= 11 is 0. The van der Waals surface area contributed by atoms with Crippen molar-refractivity contribution >= 4 is 0 Å². The zero-order valence-corrected chi connectivity index (χ0v) is 7.15. The van der Waals surface area contributed by atoms with Crippen molar-refractivity contribution in [3.63, 3.8) is 0 Å². The van der Waals surface area contributed by atoms with E-state index in [9.17, 15) is 0 Å². The van der Waals surface area contributed by atoms with Gasteiger partial charge in [0.15, 0.2) is 0 Å². The summed E-state index contributed by atoms with van der Waals surface area (Å²) < 4.78 is 0. The largest absolute Gasteiger partial charge is 0.394 e. The van der Waals surface area contributed by atoms with Crippen LogP contribution < -0.4 is 0 Å². The van der Waals surface area contributed by atoms with E-state index < -0.39 is 37.0 Å². The highest BCUT2D eigenvalue weighted by Gasteiger charge is 2.54. The van der Waals surface area contributed by atoms with Crippen molar-refractivity contribution in [1.29, 1.82) is 0 Å². The fourth-order valence-electron chi connectivity index (χ4n) is 0.721. The third kappa shape index (κ3) is 2.38. The van der Waals surface area contributed by atoms with Crippen molar-refractivity contribution in [2.75, 3.05) is 13.2 Å². The molecule has 14 heavy (non-hydrogen) atoms. The Morgan fingerprint density at radius 3 is 1.64 bits per heavy atom. The van der Waals surface area contributed by atoms with Gasteiger partial charge in [0.25, 0.3) is 0 Å². The second-order valence-electron chi connectivity index (χ2n) is 2.90. The van der Waals surface area contributed by atoms with Gasteiger partial charge in [-0.2, -0.15) is 0 Å². The molecule has 0 aromatic heterocycles. The topological polar surface area (TPSA) is 162 Å². The molecule has 2 unspecified atom stereocenters. The average Bonchev–Trinajstić information content (AvgIpc) is 2.14. The molecule has 0 aliphatic heterocycles. The van der Waals surface area contributed by atoms with E-state index in [4.69, 9.17) is 40.9 Å². The van der Waals surface area contributed by atoms with Gasteiger partial charge in [-0.15, -0.1) is 0 Å². The van der Waals surface area contributed by atoms with E-state index in [1.165, 1.54) is 0 Å². The second kappa shape index (κ2) is 4.47. The number of hydrogen-bond acceptors (Lipinski definition) is 8. The molecule has 0 bridgehead atoms. The van der Waals surface area contributed by atoms with E-state index in [0.29, 0.717) is 0 Å². The van der Waals surface area contributed by atoms with E-state index >= 15 is 0 Å². The Morgan fingerprint density at radius 2 is 1.36 bits per heavy atom. The lowest BCUT2D eigenvalue weighted by atomic mass is 9.96. The van der Waals surface area contributed by atoms with Crippen molar-refractivity contribution in [1.82, 2.24) is 0 Å². The molecule has 0 spiro atoms. The molecule has 0 aromatic rings. The van der Waals surface area contributed by atoms with Gasteiger partial charge in [0.1, 0.15) is 18.8 Å². The summed E-state index contributed by atoms with van der Waals surface area (Å²) in [5.74, 6) is -6.98. The summed E-state index contributed by atoms with van der Waals surface area (Å²) in [7, 11) is 0. The summed E-state index contributed by atoms with van der Waals surface area (Å²) in [5, 5.41) is 70.1. The third-order valence-corrected chi connectivity index (χ3v) is 1.77. The van der Waals surface area contributed by atoms with Crippen molar-refractivity contribution < 1.29 is 40.9 Å². The first-order valence-corrected chi connectivity index (χ1v) is 3.68. The summed E-state index contributed by atoms with van der Waals surface area (Å²) in [6.07, 6.45) is -4.44. The Balaban J connectivity index is 4.76. The van der Waals surface area contributed by atoms with E-state index in [-0.39, 0.29) is 0 Å². The lowest BCUT2D eigenvalue weighted by Crippen LogP contribution is -2.66. The summed E-state index contributed by atoms with van der Waals surface area (Å²) in [5.41, 5.74) is 0. The molecule has 0 aliphatic rings. The number of rotatable bonds is 5. The summed E-state index contributed by atoms with van der Waals surface area (Å²) in [6.45, 7) is -2.50. The highest BCUT2D eigenvalue weighted by atomic mass is 16.6. The molecule has 0 radical (unpaired) electrons. The van der Waals surface area contributed by atoms with E-state index in [2.05, 4.69) is 0 Å². The molecule has 8 nitrogen and oxygen atoms in total. The van der Waals surface area contributed by atoms with Gasteiger partial charge >= 0.3 is 0 Å². The van der Waals surface area contributed by atoms with Crippen molar-refractivity contribution in [3.8, 4) is 0 Å². The van der Waals surface area contributed by atoms with Crippen LogP contribution in [0.2, 0.25) is 0 Å².